The van der Waals surface area contributed by atoms with Crippen LogP contribution in [0.1, 0.15) is 44.9 Å². The van der Waals surface area contributed by atoms with E-state index in [2.05, 4.69) is 0 Å². The zero-order valence-corrected chi connectivity index (χ0v) is 13.1. The molecular weight excluding hydrogens is 346 g/mol. The fraction of sp³-hybridized carbons (Fsp3) is 1.00. The van der Waals surface area contributed by atoms with Crippen LogP contribution in [-0.2, 0) is 0 Å². The quantitative estimate of drug-likeness (QED) is 0.459. The van der Waals surface area contributed by atoms with Gasteiger partial charge < -0.3 is 0 Å². The van der Waals surface area contributed by atoms with Crippen LogP contribution in [0.15, 0.2) is 0 Å². The molecule has 6 radical (unpaired) electrons. The van der Waals surface area contributed by atoms with Crippen LogP contribution in [0.2, 0.25) is 8.87 Å². The Hall–Kier alpha value is 1.60. The van der Waals surface area contributed by atoms with Crippen molar-refractivity contribution >= 4 is 45.0 Å². The molecule has 0 unspecified atom stereocenters. The van der Waals surface area contributed by atoms with Crippen LogP contribution in [0.5, 0.6) is 0 Å². The molecule has 0 heterocycles. The summed E-state index contributed by atoms with van der Waals surface area (Å²) < 4.78 is 2.93. The van der Waals surface area contributed by atoms with Gasteiger partial charge in [-0.3, -0.25) is 0 Å². The molecule has 0 aliphatic rings. The molecule has 0 aliphatic heterocycles. The van der Waals surface area contributed by atoms with E-state index in [0.29, 0.717) is 0 Å². The minimum absolute atomic E-state index is 1.46. The van der Waals surface area contributed by atoms with E-state index in [1.807, 2.05) is 0 Å². The first-order valence-corrected chi connectivity index (χ1v) is 8.74. The molecule has 0 aromatic heterocycles. The van der Waals surface area contributed by atoms with Gasteiger partial charge in [0.25, 0.3) is 0 Å². The van der Waals surface area contributed by atoms with Gasteiger partial charge in [-0.25, -0.2) is 0 Å². The van der Waals surface area contributed by atoms with Crippen LogP contribution in [0.25, 0.3) is 0 Å². The van der Waals surface area contributed by atoms with E-state index in [9.17, 15) is 0 Å². The fourth-order valence-corrected chi connectivity index (χ4v) is 2.56. The molecule has 0 amide bonds. The molecule has 0 fully saturated rings. The van der Waals surface area contributed by atoms with Gasteiger partial charge in [-0.15, -0.1) is 0 Å². The molecule has 2 heteroatoms. The van der Waals surface area contributed by atoms with Gasteiger partial charge in [0.1, 0.15) is 0 Å². The normalized spacial score (nSPS) is 10.4. The van der Waals surface area contributed by atoms with Crippen molar-refractivity contribution in [1.82, 2.24) is 0 Å². The van der Waals surface area contributed by atoms with Crippen LogP contribution >= 0.6 is 0 Å². The molecule has 0 nitrogen and oxygen atoms in total. The van der Waals surface area contributed by atoms with E-state index in [0.717, 1.165) is 0 Å². The average molecular weight is 364 g/mol. The second kappa shape index (κ2) is 11.6. The molecule has 0 aromatic carbocycles. The standard InChI is InChI=1S/C9H18.2Sn/c1-3-5-7-9-8-6-4-2;;/h1-9H2;;. The fourth-order valence-electron chi connectivity index (χ4n) is 1.13. The summed E-state index contributed by atoms with van der Waals surface area (Å²) in [4.78, 5) is 0. The van der Waals surface area contributed by atoms with Crippen molar-refractivity contribution in [2.75, 3.05) is 0 Å². The number of hydrogen-bond acceptors (Lipinski definition) is 0. The van der Waals surface area contributed by atoms with Crippen molar-refractivity contribution in [1.29, 1.82) is 0 Å². The van der Waals surface area contributed by atoms with E-state index in [-0.39, 0.29) is 0 Å². The summed E-state index contributed by atoms with van der Waals surface area (Å²) in [5.74, 6) is 0. The summed E-state index contributed by atoms with van der Waals surface area (Å²) in [6, 6.07) is 0. The van der Waals surface area contributed by atoms with Crippen LogP contribution in [-0.4, -0.2) is 45.0 Å². The molecule has 0 N–H and O–H groups in total. The van der Waals surface area contributed by atoms with E-state index in [1.54, 1.807) is 45.0 Å². The summed E-state index contributed by atoms with van der Waals surface area (Å²) in [6.45, 7) is 0. The van der Waals surface area contributed by atoms with Gasteiger partial charge in [0.05, 0.1) is 0 Å². The Morgan fingerprint density at radius 2 is 0.727 bits per heavy atom. The minimum atomic E-state index is 1.46. The van der Waals surface area contributed by atoms with E-state index >= 15 is 0 Å². The monoisotopic (exact) mass is 366 g/mol. The van der Waals surface area contributed by atoms with Gasteiger partial charge in [-0.1, -0.05) is 0 Å². The third kappa shape index (κ3) is 11.6. The first-order valence-electron chi connectivity index (χ1n) is 4.71. The van der Waals surface area contributed by atoms with Gasteiger partial charge in [0.2, 0.25) is 0 Å². The number of rotatable bonds is 8. The molecule has 0 aliphatic carbocycles. The molecule has 0 saturated carbocycles. The van der Waals surface area contributed by atoms with Crippen LogP contribution in [0, 0.1) is 0 Å². The summed E-state index contributed by atoms with van der Waals surface area (Å²) in [5.41, 5.74) is 0. The number of hydrogen-bond donors (Lipinski definition) is 0. The zero-order chi connectivity index (χ0) is 8.36. The summed E-state index contributed by atoms with van der Waals surface area (Å²) in [5, 5.41) is 0. The molecule has 62 valence electrons. The molecule has 0 atom stereocenters. The zero-order valence-electron chi connectivity index (χ0n) is 7.36. The van der Waals surface area contributed by atoms with Crippen molar-refractivity contribution in [2.45, 2.75) is 53.8 Å². The third-order valence-electron chi connectivity index (χ3n) is 1.85. The Labute approximate surface area is 98.1 Å². The Morgan fingerprint density at radius 3 is 1.00 bits per heavy atom. The average Bonchev–Trinajstić information content (AvgIpc) is 2.03. The topological polar surface area (TPSA) is 0 Å². The van der Waals surface area contributed by atoms with E-state index < -0.39 is 0 Å². The Bertz CT molecular complexity index is 56.6. The van der Waals surface area contributed by atoms with Gasteiger partial charge in [-0.05, 0) is 0 Å². The van der Waals surface area contributed by atoms with Crippen LogP contribution < -0.4 is 0 Å². The maximum absolute atomic E-state index is 1.72. The van der Waals surface area contributed by atoms with Crippen molar-refractivity contribution in [3.63, 3.8) is 0 Å². The summed E-state index contributed by atoms with van der Waals surface area (Å²) in [7, 11) is 0. The number of unbranched alkanes of at least 4 members (excludes halogenated alkanes) is 6. The summed E-state index contributed by atoms with van der Waals surface area (Å²) >= 11 is 3.43. The van der Waals surface area contributed by atoms with E-state index in [1.165, 1.54) is 53.8 Å². The second-order valence-corrected chi connectivity index (χ2v) is 5.83. The van der Waals surface area contributed by atoms with Crippen LogP contribution in [0.4, 0.5) is 0 Å². The van der Waals surface area contributed by atoms with Crippen molar-refractivity contribution < 1.29 is 0 Å². The Balaban J connectivity index is 2.69. The van der Waals surface area contributed by atoms with E-state index in [4.69, 9.17) is 0 Å². The first kappa shape index (κ1) is 12.6. The SMILES string of the molecule is [Sn][CH2]CCCCCCC[CH2][Sn]. The molecule has 0 rings (SSSR count). The summed E-state index contributed by atoms with van der Waals surface area (Å²) in [6.07, 6.45) is 10.4. The molecule has 0 saturated heterocycles. The molecular formula is C9H18Sn2. The maximum atomic E-state index is 1.72. The van der Waals surface area contributed by atoms with Gasteiger partial charge in [0.15, 0.2) is 0 Å². The predicted octanol–water partition coefficient (Wildman–Crippen LogP) is 2.89. The van der Waals surface area contributed by atoms with Gasteiger partial charge in [-0.2, -0.15) is 0 Å². The molecule has 0 aromatic rings. The van der Waals surface area contributed by atoms with Crippen LogP contribution in [0.3, 0.4) is 0 Å². The van der Waals surface area contributed by atoms with Crippen molar-refractivity contribution in [3.8, 4) is 0 Å². The second-order valence-electron chi connectivity index (χ2n) is 2.97. The van der Waals surface area contributed by atoms with Crippen molar-refractivity contribution in [3.05, 3.63) is 0 Å². The first-order chi connectivity index (χ1) is 5.41. The molecule has 11 heavy (non-hydrogen) atoms. The predicted molar refractivity (Wildman–Crippen MR) is 53.4 cm³/mol. The van der Waals surface area contributed by atoms with Crippen molar-refractivity contribution in [2.24, 2.45) is 0 Å². The Morgan fingerprint density at radius 1 is 0.455 bits per heavy atom. The third-order valence-corrected chi connectivity index (χ3v) is 3.87. The van der Waals surface area contributed by atoms with Gasteiger partial charge in [0, 0.05) is 0 Å². The Kier molecular flexibility index (Phi) is 13.3. The molecule has 0 bridgehead atoms. The van der Waals surface area contributed by atoms with Gasteiger partial charge >= 0.3 is 98.9 Å². The molecule has 0 spiro atoms.